The molecule has 2 aromatic rings. The normalized spacial score (nSPS) is 19.8. The molecule has 1 aliphatic rings. The third-order valence-electron chi connectivity index (χ3n) is 3.03. The monoisotopic (exact) mass is 265 g/mol. The quantitative estimate of drug-likeness (QED) is 0.881. The van der Waals surface area contributed by atoms with Crippen LogP contribution in [-0.4, -0.2) is 45.0 Å². The highest BCUT2D eigenvalue weighted by molar-refractivity contribution is 6.30. The van der Waals surface area contributed by atoms with Crippen LogP contribution in [0.3, 0.4) is 0 Å². The Kier molecular flexibility index (Phi) is 2.59. The Bertz CT molecular complexity index is 610. The third kappa shape index (κ3) is 1.88. The maximum atomic E-state index is 11.8. The number of likely N-dealkylation sites (tertiary alicyclic amines) is 1. The van der Waals surface area contributed by atoms with Crippen LogP contribution in [0.4, 0.5) is 5.95 Å². The second-order valence-corrected chi connectivity index (χ2v) is 4.77. The minimum Gasteiger partial charge on any atom is -0.344 e. The number of carbonyl (C=O) groups excluding carboxylic acids is 1. The lowest BCUT2D eigenvalue weighted by Gasteiger charge is -2.10. The molecule has 94 valence electrons. The summed E-state index contributed by atoms with van der Waals surface area (Å²) in [6, 6.07) is 3.30. The lowest BCUT2D eigenvalue weighted by Crippen LogP contribution is -2.31. The molecule has 0 bridgehead atoms. The molecule has 3 rings (SSSR count). The SMILES string of the molecule is CN1CCC(Nc2nc3ccc(Cl)cn3n2)C1=O. The average Bonchev–Trinajstić information content (AvgIpc) is 2.86. The topological polar surface area (TPSA) is 62.5 Å². The fourth-order valence-corrected chi connectivity index (χ4v) is 2.19. The van der Waals surface area contributed by atoms with Gasteiger partial charge >= 0.3 is 0 Å². The smallest absolute Gasteiger partial charge is 0.244 e. The molecule has 18 heavy (non-hydrogen) atoms. The minimum atomic E-state index is -0.233. The molecule has 1 saturated heterocycles. The summed E-state index contributed by atoms with van der Waals surface area (Å²) in [5.74, 6) is 0.526. The summed E-state index contributed by atoms with van der Waals surface area (Å²) in [6.45, 7) is 0.760. The number of fused-ring (bicyclic) bond motifs is 1. The Morgan fingerprint density at radius 1 is 1.50 bits per heavy atom. The molecule has 3 heterocycles. The third-order valence-corrected chi connectivity index (χ3v) is 3.25. The van der Waals surface area contributed by atoms with Gasteiger partial charge in [-0.3, -0.25) is 4.79 Å². The van der Waals surface area contributed by atoms with E-state index in [4.69, 9.17) is 11.6 Å². The van der Waals surface area contributed by atoms with Crippen molar-refractivity contribution in [1.82, 2.24) is 19.5 Å². The number of rotatable bonds is 2. The van der Waals surface area contributed by atoms with Crippen LogP contribution in [0.5, 0.6) is 0 Å². The molecule has 6 nitrogen and oxygen atoms in total. The number of halogens is 1. The Morgan fingerprint density at radius 3 is 3.06 bits per heavy atom. The molecule has 1 fully saturated rings. The van der Waals surface area contributed by atoms with E-state index < -0.39 is 0 Å². The minimum absolute atomic E-state index is 0.0758. The lowest BCUT2D eigenvalue weighted by atomic mass is 10.2. The van der Waals surface area contributed by atoms with Crippen molar-refractivity contribution < 1.29 is 4.79 Å². The van der Waals surface area contributed by atoms with Gasteiger partial charge in [-0.05, 0) is 18.6 Å². The van der Waals surface area contributed by atoms with E-state index in [9.17, 15) is 4.79 Å². The highest BCUT2D eigenvalue weighted by Crippen LogP contribution is 2.15. The van der Waals surface area contributed by atoms with E-state index in [0.29, 0.717) is 16.6 Å². The van der Waals surface area contributed by atoms with E-state index in [0.717, 1.165) is 13.0 Å². The molecule has 1 atom stereocenters. The Balaban J connectivity index is 1.85. The lowest BCUT2D eigenvalue weighted by molar-refractivity contribution is -0.127. The number of hydrogen-bond acceptors (Lipinski definition) is 4. The van der Waals surface area contributed by atoms with Crippen molar-refractivity contribution in [3.63, 3.8) is 0 Å². The van der Waals surface area contributed by atoms with E-state index >= 15 is 0 Å². The molecule has 0 saturated carbocycles. The van der Waals surface area contributed by atoms with E-state index in [1.807, 2.05) is 0 Å². The van der Waals surface area contributed by atoms with Crippen molar-refractivity contribution in [2.24, 2.45) is 0 Å². The molecule has 2 aromatic heterocycles. The molecular weight excluding hydrogens is 254 g/mol. The number of likely N-dealkylation sites (N-methyl/N-ethyl adjacent to an activating group) is 1. The molecule has 0 radical (unpaired) electrons. The van der Waals surface area contributed by atoms with E-state index in [1.165, 1.54) is 0 Å². The zero-order chi connectivity index (χ0) is 12.7. The van der Waals surface area contributed by atoms with Crippen LogP contribution in [0.1, 0.15) is 6.42 Å². The first-order chi connectivity index (χ1) is 8.63. The van der Waals surface area contributed by atoms with Crippen LogP contribution < -0.4 is 5.32 Å². The summed E-state index contributed by atoms with van der Waals surface area (Å²) in [5.41, 5.74) is 0.695. The van der Waals surface area contributed by atoms with Crippen molar-refractivity contribution in [2.75, 3.05) is 18.9 Å². The summed E-state index contributed by atoms with van der Waals surface area (Å²) in [7, 11) is 1.79. The molecule has 1 unspecified atom stereocenters. The number of anilines is 1. The molecule has 1 amide bonds. The Morgan fingerprint density at radius 2 is 2.33 bits per heavy atom. The molecule has 0 aliphatic carbocycles. The van der Waals surface area contributed by atoms with Crippen LogP contribution in [0.2, 0.25) is 5.02 Å². The predicted octanol–water partition coefficient (Wildman–Crippen LogP) is 1.03. The van der Waals surface area contributed by atoms with Crippen molar-refractivity contribution in [3.8, 4) is 0 Å². The second kappa shape index (κ2) is 4.13. The molecule has 1 aliphatic heterocycles. The van der Waals surface area contributed by atoms with Gasteiger partial charge in [-0.25, -0.2) is 4.52 Å². The number of amides is 1. The predicted molar refractivity (Wildman–Crippen MR) is 67.7 cm³/mol. The fourth-order valence-electron chi connectivity index (χ4n) is 2.03. The van der Waals surface area contributed by atoms with Gasteiger partial charge in [-0.1, -0.05) is 11.6 Å². The number of carbonyl (C=O) groups is 1. The van der Waals surface area contributed by atoms with E-state index in [-0.39, 0.29) is 11.9 Å². The molecular formula is C11H12ClN5O. The van der Waals surface area contributed by atoms with E-state index in [1.54, 1.807) is 34.8 Å². The standard InChI is InChI=1S/C11H12ClN5O/c1-16-5-4-8(10(16)18)13-11-14-9-3-2-7(12)6-17(9)15-11/h2-3,6,8H,4-5H2,1H3,(H,13,15). The second-order valence-electron chi connectivity index (χ2n) is 4.33. The Hall–Kier alpha value is -1.82. The van der Waals surface area contributed by atoms with Crippen molar-refractivity contribution in [1.29, 1.82) is 0 Å². The van der Waals surface area contributed by atoms with Crippen LogP contribution in [0, 0.1) is 0 Å². The number of aromatic nitrogens is 3. The number of nitrogens with zero attached hydrogens (tertiary/aromatic N) is 4. The Labute approximate surface area is 109 Å². The largest absolute Gasteiger partial charge is 0.344 e. The van der Waals surface area contributed by atoms with Gasteiger partial charge in [0.25, 0.3) is 0 Å². The first-order valence-electron chi connectivity index (χ1n) is 5.67. The van der Waals surface area contributed by atoms with Crippen molar-refractivity contribution in [3.05, 3.63) is 23.4 Å². The number of pyridine rings is 1. The van der Waals surface area contributed by atoms with Crippen LogP contribution in [0.15, 0.2) is 18.3 Å². The first-order valence-corrected chi connectivity index (χ1v) is 6.05. The molecule has 1 N–H and O–H groups in total. The molecule has 7 heteroatoms. The van der Waals surface area contributed by atoms with Gasteiger partial charge < -0.3 is 10.2 Å². The van der Waals surface area contributed by atoms with Crippen LogP contribution >= 0.6 is 11.6 Å². The van der Waals surface area contributed by atoms with Crippen molar-refractivity contribution in [2.45, 2.75) is 12.5 Å². The average molecular weight is 266 g/mol. The summed E-state index contributed by atoms with van der Waals surface area (Å²) >= 11 is 5.87. The zero-order valence-electron chi connectivity index (χ0n) is 9.80. The van der Waals surface area contributed by atoms with Gasteiger partial charge in [-0.15, -0.1) is 5.10 Å². The van der Waals surface area contributed by atoms with E-state index in [2.05, 4.69) is 15.4 Å². The summed E-state index contributed by atoms with van der Waals surface area (Å²) in [4.78, 5) is 17.7. The van der Waals surface area contributed by atoms with Gasteiger partial charge in [0.05, 0.1) is 5.02 Å². The van der Waals surface area contributed by atoms with Gasteiger partial charge in [0.15, 0.2) is 5.65 Å². The first kappa shape index (κ1) is 11.3. The maximum absolute atomic E-state index is 11.8. The van der Waals surface area contributed by atoms with Crippen LogP contribution in [-0.2, 0) is 4.79 Å². The molecule has 0 aromatic carbocycles. The van der Waals surface area contributed by atoms with Gasteiger partial charge in [0, 0.05) is 19.8 Å². The fraction of sp³-hybridized carbons (Fsp3) is 0.364. The van der Waals surface area contributed by atoms with Gasteiger partial charge in [0.1, 0.15) is 6.04 Å². The summed E-state index contributed by atoms with van der Waals surface area (Å²) in [5, 5.41) is 7.88. The maximum Gasteiger partial charge on any atom is 0.244 e. The zero-order valence-corrected chi connectivity index (χ0v) is 10.6. The highest BCUT2D eigenvalue weighted by atomic mass is 35.5. The van der Waals surface area contributed by atoms with Gasteiger partial charge in [-0.2, -0.15) is 4.98 Å². The van der Waals surface area contributed by atoms with Crippen molar-refractivity contribution >= 4 is 29.1 Å². The number of hydrogen-bond donors (Lipinski definition) is 1. The van der Waals surface area contributed by atoms with Gasteiger partial charge in [0.2, 0.25) is 11.9 Å². The summed E-state index contributed by atoms with van der Waals surface area (Å²) in [6.07, 6.45) is 2.45. The molecule has 0 spiro atoms. The summed E-state index contributed by atoms with van der Waals surface area (Å²) < 4.78 is 1.59. The van der Waals surface area contributed by atoms with Crippen LogP contribution in [0.25, 0.3) is 5.65 Å². The highest BCUT2D eigenvalue weighted by Gasteiger charge is 2.29. The number of nitrogens with one attached hydrogen (secondary N) is 1.